The molecular formula is C29H59NO2. The second-order valence-electron chi connectivity index (χ2n) is 9.77. The van der Waals surface area contributed by atoms with Crippen molar-refractivity contribution in [3.05, 3.63) is 0 Å². The third-order valence-electron chi connectivity index (χ3n) is 6.64. The summed E-state index contributed by atoms with van der Waals surface area (Å²) < 4.78 is 5.35. The van der Waals surface area contributed by atoms with E-state index < -0.39 is 0 Å². The highest BCUT2D eigenvalue weighted by atomic mass is 16.5. The molecule has 0 aromatic heterocycles. The Kier molecular flexibility index (Phi) is 26.2. The third-order valence-corrected chi connectivity index (χ3v) is 6.64. The molecule has 0 aliphatic rings. The van der Waals surface area contributed by atoms with E-state index >= 15 is 0 Å². The molecule has 0 spiro atoms. The predicted molar refractivity (Wildman–Crippen MR) is 141 cm³/mol. The Hall–Kier alpha value is -0.570. The molecule has 0 saturated heterocycles. The van der Waals surface area contributed by atoms with Crippen molar-refractivity contribution in [2.75, 3.05) is 26.2 Å². The van der Waals surface area contributed by atoms with Gasteiger partial charge in [0.15, 0.2) is 0 Å². The smallest absolute Gasteiger partial charge is 0.305 e. The van der Waals surface area contributed by atoms with Crippen LogP contribution in [0.1, 0.15) is 156 Å². The minimum atomic E-state index is 0.00401. The highest BCUT2D eigenvalue weighted by Crippen LogP contribution is 2.12. The number of carbonyl (C=O) groups is 1. The lowest BCUT2D eigenvalue weighted by Crippen LogP contribution is -2.25. The van der Waals surface area contributed by atoms with Gasteiger partial charge in [-0.05, 0) is 45.3 Å². The van der Waals surface area contributed by atoms with Crippen LogP contribution in [-0.4, -0.2) is 37.1 Å². The van der Waals surface area contributed by atoms with Crippen molar-refractivity contribution in [3.8, 4) is 0 Å². The van der Waals surface area contributed by atoms with Crippen molar-refractivity contribution < 1.29 is 9.53 Å². The number of ether oxygens (including phenoxy) is 1. The average Bonchev–Trinajstić information content (AvgIpc) is 2.80. The lowest BCUT2D eigenvalue weighted by Gasteiger charge is -2.20. The number of esters is 1. The van der Waals surface area contributed by atoms with E-state index in [1.165, 1.54) is 122 Å². The zero-order valence-corrected chi connectivity index (χ0v) is 22.4. The number of carbonyl (C=O) groups excluding carboxylic acids is 1. The molecule has 0 fully saturated rings. The largest absolute Gasteiger partial charge is 0.466 e. The first-order chi connectivity index (χ1) is 15.7. The van der Waals surface area contributed by atoms with Gasteiger partial charge in [-0.1, -0.05) is 124 Å². The van der Waals surface area contributed by atoms with Gasteiger partial charge in [0.2, 0.25) is 0 Å². The average molecular weight is 454 g/mol. The first-order valence-corrected chi connectivity index (χ1v) is 14.6. The second-order valence-corrected chi connectivity index (χ2v) is 9.77. The van der Waals surface area contributed by atoms with Crippen LogP contribution in [0.25, 0.3) is 0 Å². The molecule has 0 aromatic rings. The minimum absolute atomic E-state index is 0.00401. The molecule has 0 atom stereocenters. The van der Waals surface area contributed by atoms with Crippen molar-refractivity contribution in [2.24, 2.45) is 0 Å². The topological polar surface area (TPSA) is 29.5 Å². The van der Waals surface area contributed by atoms with Crippen molar-refractivity contribution in [3.63, 3.8) is 0 Å². The molecule has 3 nitrogen and oxygen atoms in total. The Balaban J connectivity index is 3.39. The van der Waals surface area contributed by atoms with E-state index in [1.807, 2.05) is 0 Å². The summed E-state index contributed by atoms with van der Waals surface area (Å²) >= 11 is 0. The Morgan fingerprint density at radius 1 is 0.531 bits per heavy atom. The van der Waals surface area contributed by atoms with Gasteiger partial charge in [0.25, 0.3) is 0 Å². The van der Waals surface area contributed by atoms with Crippen LogP contribution in [-0.2, 0) is 9.53 Å². The Bertz CT molecular complexity index is 372. The first kappa shape index (κ1) is 31.4. The quantitative estimate of drug-likeness (QED) is 0.0965. The molecule has 0 radical (unpaired) electrons. The molecule has 0 aliphatic heterocycles. The maximum Gasteiger partial charge on any atom is 0.305 e. The SMILES string of the molecule is CCCCCCCCCCCCCCN(CC)CCCCCC(=O)OCCCCCCC. The molecule has 0 amide bonds. The van der Waals surface area contributed by atoms with Crippen molar-refractivity contribution in [1.29, 1.82) is 0 Å². The van der Waals surface area contributed by atoms with Crippen LogP contribution >= 0.6 is 0 Å². The molecule has 0 rings (SSSR count). The number of rotatable bonds is 26. The highest BCUT2D eigenvalue weighted by Gasteiger charge is 2.05. The molecule has 0 unspecified atom stereocenters. The van der Waals surface area contributed by atoms with Gasteiger partial charge in [-0.3, -0.25) is 4.79 Å². The summed E-state index contributed by atoms with van der Waals surface area (Å²) in [6.45, 7) is 11.0. The number of nitrogens with zero attached hydrogens (tertiary/aromatic N) is 1. The molecule has 3 heteroatoms. The van der Waals surface area contributed by atoms with Crippen LogP contribution in [0.4, 0.5) is 0 Å². The second kappa shape index (κ2) is 26.7. The van der Waals surface area contributed by atoms with E-state index in [9.17, 15) is 4.79 Å². The number of unbranched alkanes of at least 4 members (excludes halogenated alkanes) is 17. The van der Waals surface area contributed by atoms with E-state index in [2.05, 4.69) is 25.7 Å². The lowest BCUT2D eigenvalue weighted by molar-refractivity contribution is -0.143. The van der Waals surface area contributed by atoms with Crippen LogP contribution in [0, 0.1) is 0 Å². The fourth-order valence-corrected chi connectivity index (χ4v) is 4.35. The Labute approximate surface area is 202 Å². The first-order valence-electron chi connectivity index (χ1n) is 14.6. The Morgan fingerprint density at radius 3 is 1.41 bits per heavy atom. The van der Waals surface area contributed by atoms with Gasteiger partial charge in [0.05, 0.1) is 6.61 Å². The summed E-state index contributed by atoms with van der Waals surface area (Å²) in [6, 6.07) is 0. The van der Waals surface area contributed by atoms with Gasteiger partial charge in [-0.2, -0.15) is 0 Å². The summed E-state index contributed by atoms with van der Waals surface area (Å²) in [5, 5.41) is 0. The molecule has 0 N–H and O–H groups in total. The zero-order valence-electron chi connectivity index (χ0n) is 22.4. The Morgan fingerprint density at radius 2 is 0.938 bits per heavy atom. The van der Waals surface area contributed by atoms with Gasteiger partial charge >= 0.3 is 5.97 Å². The van der Waals surface area contributed by atoms with Gasteiger partial charge in [-0.25, -0.2) is 0 Å². The number of hydrogen-bond acceptors (Lipinski definition) is 3. The zero-order chi connectivity index (χ0) is 23.5. The predicted octanol–water partition coefficient (Wildman–Crippen LogP) is 9.08. The fourth-order valence-electron chi connectivity index (χ4n) is 4.35. The van der Waals surface area contributed by atoms with E-state index in [1.54, 1.807) is 0 Å². The summed E-state index contributed by atoms with van der Waals surface area (Å²) in [6.07, 6.45) is 27.0. The van der Waals surface area contributed by atoms with Gasteiger partial charge < -0.3 is 9.64 Å². The molecule has 0 heterocycles. The van der Waals surface area contributed by atoms with Crippen LogP contribution in [0.2, 0.25) is 0 Å². The molecule has 32 heavy (non-hydrogen) atoms. The third kappa shape index (κ3) is 24.1. The molecular weight excluding hydrogens is 394 g/mol. The van der Waals surface area contributed by atoms with Crippen LogP contribution in [0.5, 0.6) is 0 Å². The molecule has 0 saturated carbocycles. The molecule has 0 aromatic carbocycles. The van der Waals surface area contributed by atoms with E-state index in [0.29, 0.717) is 13.0 Å². The molecule has 0 bridgehead atoms. The standard InChI is InChI=1S/C29H59NO2/c1-4-7-9-11-12-13-14-15-16-17-18-22-26-30(6-3)27-23-20-21-25-29(31)32-28-24-19-10-8-5-2/h4-28H2,1-3H3. The van der Waals surface area contributed by atoms with Crippen LogP contribution in [0.3, 0.4) is 0 Å². The van der Waals surface area contributed by atoms with Gasteiger partial charge in [-0.15, -0.1) is 0 Å². The highest BCUT2D eigenvalue weighted by molar-refractivity contribution is 5.69. The maximum absolute atomic E-state index is 11.8. The van der Waals surface area contributed by atoms with Gasteiger partial charge in [0.1, 0.15) is 0 Å². The van der Waals surface area contributed by atoms with Crippen LogP contribution in [0.15, 0.2) is 0 Å². The van der Waals surface area contributed by atoms with Crippen molar-refractivity contribution in [2.45, 2.75) is 156 Å². The van der Waals surface area contributed by atoms with Crippen LogP contribution < -0.4 is 0 Å². The maximum atomic E-state index is 11.8. The minimum Gasteiger partial charge on any atom is -0.466 e. The van der Waals surface area contributed by atoms with Crippen molar-refractivity contribution in [1.82, 2.24) is 4.90 Å². The van der Waals surface area contributed by atoms with Crippen molar-refractivity contribution >= 4 is 5.97 Å². The van der Waals surface area contributed by atoms with Gasteiger partial charge in [0, 0.05) is 6.42 Å². The molecule has 0 aliphatic carbocycles. The lowest BCUT2D eigenvalue weighted by atomic mass is 10.1. The summed E-state index contributed by atoms with van der Waals surface area (Å²) in [5.74, 6) is 0.00401. The fraction of sp³-hybridized carbons (Fsp3) is 0.966. The number of hydrogen-bond donors (Lipinski definition) is 0. The van der Waals surface area contributed by atoms with E-state index in [-0.39, 0.29) is 5.97 Å². The normalized spacial score (nSPS) is 11.4. The van der Waals surface area contributed by atoms with E-state index in [0.717, 1.165) is 25.8 Å². The van der Waals surface area contributed by atoms with E-state index in [4.69, 9.17) is 4.74 Å². The summed E-state index contributed by atoms with van der Waals surface area (Å²) in [7, 11) is 0. The summed E-state index contributed by atoms with van der Waals surface area (Å²) in [5.41, 5.74) is 0. The monoisotopic (exact) mass is 453 g/mol. The molecule has 192 valence electrons. The summed E-state index contributed by atoms with van der Waals surface area (Å²) in [4.78, 5) is 14.4.